The Morgan fingerprint density at radius 1 is 1.00 bits per heavy atom. The van der Waals surface area contributed by atoms with Crippen molar-refractivity contribution in [2.24, 2.45) is 0 Å². The van der Waals surface area contributed by atoms with Gasteiger partial charge in [-0.2, -0.15) is 18.2 Å². The van der Waals surface area contributed by atoms with Crippen molar-refractivity contribution >= 4 is 11.8 Å². The molecule has 0 amide bonds. The highest BCUT2D eigenvalue weighted by Gasteiger charge is 2.33. The van der Waals surface area contributed by atoms with E-state index in [-0.39, 0.29) is 11.8 Å². The SMILES string of the molecule is Cc1ccc(CNc2cc(C(F)(F)F)nc(NCCN3CCCCC3)n2)cc1. The van der Waals surface area contributed by atoms with Crippen LogP contribution in [0.25, 0.3) is 0 Å². The maximum atomic E-state index is 13.2. The van der Waals surface area contributed by atoms with Crippen LogP contribution in [0.15, 0.2) is 30.3 Å². The molecule has 28 heavy (non-hydrogen) atoms. The monoisotopic (exact) mass is 393 g/mol. The highest BCUT2D eigenvalue weighted by atomic mass is 19.4. The number of alkyl halides is 3. The van der Waals surface area contributed by atoms with Gasteiger partial charge in [0.1, 0.15) is 5.82 Å². The minimum absolute atomic E-state index is 0.00163. The Morgan fingerprint density at radius 3 is 2.39 bits per heavy atom. The molecule has 3 rings (SSSR count). The van der Waals surface area contributed by atoms with Gasteiger partial charge in [0.05, 0.1) is 0 Å². The van der Waals surface area contributed by atoms with Crippen LogP contribution in [-0.2, 0) is 12.7 Å². The van der Waals surface area contributed by atoms with Gasteiger partial charge >= 0.3 is 6.18 Å². The fraction of sp³-hybridized carbons (Fsp3) is 0.500. The summed E-state index contributed by atoms with van der Waals surface area (Å²) in [5, 5.41) is 5.92. The molecule has 2 aromatic rings. The van der Waals surface area contributed by atoms with Gasteiger partial charge in [-0.3, -0.25) is 0 Å². The molecule has 1 fully saturated rings. The summed E-state index contributed by atoms with van der Waals surface area (Å²) in [6, 6.07) is 8.75. The fourth-order valence-electron chi connectivity index (χ4n) is 3.17. The van der Waals surface area contributed by atoms with E-state index in [1.165, 1.54) is 19.3 Å². The number of aromatic nitrogens is 2. The van der Waals surface area contributed by atoms with Crippen LogP contribution in [0, 0.1) is 6.92 Å². The number of anilines is 2. The fourth-order valence-corrected chi connectivity index (χ4v) is 3.17. The number of benzene rings is 1. The minimum atomic E-state index is -4.52. The Labute approximate surface area is 163 Å². The van der Waals surface area contributed by atoms with Crippen molar-refractivity contribution in [1.82, 2.24) is 14.9 Å². The second kappa shape index (κ2) is 9.23. The predicted octanol–water partition coefficient (Wildman–Crippen LogP) is 4.31. The van der Waals surface area contributed by atoms with Crippen molar-refractivity contribution < 1.29 is 13.2 Å². The number of hydrogen-bond donors (Lipinski definition) is 2. The van der Waals surface area contributed by atoms with E-state index in [1.54, 1.807) is 0 Å². The standard InChI is InChI=1S/C20H26F3N5/c1-15-5-7-16(8-6-15)14-25-18-13-17(20(21,22)23)26-19(27-18)24-9-12-28-10-3-2-4-11-28/h5-8,13H,2-4,9-12,14H2,1H3,(H2,24,25,26,27). The van der Waals surface area contributed by atoms with Crippen LogP contribution >= 0.6 is 0 Å². The van der Waals surface area contributed by atoms with Crippen LogP contribution in [-0.4, -0.2) is 41.0 Å². The van der Waals surface area contributed by atoms with Gasteiger partial charge in [0.2, 0.25) is 5.95 Å². The van der Waals surface area contributed by atoms with E-state index in [0.717, 1.165) is 36.8 Å². The van der Waals surface area contributed by atoms with Crippen molar-refractivity contribution in [3.8, 4) is 0 Å². The van der Waals surface area contributed by atoms with E-state index in [4.69, 9.17) is 0 Å². The van der Waals surface area contributed by atoms with Gasteiger partial charge in [0, 0.05) is 25.7 Å². The summed E-state index contributed by atoms with van der Waals surface area (Å²) in [4.78, 5) is 10.2. The Balaban J connectivity index is 1.64. The average Bonchev–Trinajstić information content (AvgIpc) is 2.68. The largest absolute Gasteiger partial charge is 0.433 e. The Kier molecular flexibility index (Phi) is 6.72. The molecular weight excluding hydrogens is 367 g/mol. The summed E-state index contributed by atoms with van der Waals surface area (Å²) in [6.45, 7) is 5.73. The zero-order valence-corrected chi connectivity index (χ0v) is 16.0. The number of aryl methyl sites for hydroxylation is 1. The summed E-state index contributed by atoms with van der Waals surface area (Å²) in [5.41, 5.74) is 1.15. The second-order valence-electron chi connectivity index (χ2n) is 7.13. The molecule has 0 spiro atoms. The van der Waals surface area contributed by atoms with Crippen molar-refractivity contribution in [3.05, 3.63) is 47.2 Å². The molecule has 0 aliphatic carbocycles. The molecule has 2 heterocycles. The molecule has 0 saturated carbocycles. The van der Waals surface area contributed by atoms with E-state index in [9.17, 15) is 13.2 Å². The van der Waals surface area contributed by atoms with Crippen LogP contribution in [0.2, 0.25) is 0 Å². The van der Waals surface area contributed by atoms with Crippen molar-refractivity contribution in [3.63, 3.8) is 0 Å². The highest BCUT2D eigenvalue weighted by Crippen LogP contribution is 2.29. The first-order valence-electron chi connectivity index (χ1n) is 9.62. The summed E-state index contributed by atoms with van der Waals surface area (Å²) < 4.78 is 39.6. The molecule has 2 N–H and O–H groups in total. The summed E-state index contributed by atoms with van der Waals surface area (Å²) >= 11 is 0. The molecule has 152 valence electrons. The van der Waals surface area contributed by atoms with Gasteiger partial charge in [0.15, 0.2) is 5.69 Å². The third-order valence-corrected chi connectivity index (χ3v) is 4.77. The molecular formula is C20H26F3N5. The molecule has 0 radical (unpaired) electrons. The number of likely N-dealkylation sites (tertiary alicyclic amines) is 1. The molecule has 1 aromatic carbocycles. The molecule has 0 atom stereocenters. The smallest absolute Gasteiger partial charge is 0.366 e. The Hall–Kier alpha value is -2.35. The lowest BCUT2D eigenvalue weighted by atomic mass is 10.1. The zero-order chi connectivity index (χ0) is 20.0. The number of piperidine rings is 1. The van der Waals surface area contributed by atoms with Crippen molar-refractivity contribution in [2.75, 3.05) is 36.8 Å². The van der Waals surface area contributed by atoms with E-state index in [0.29, 0.717) is 13.1 Å². The number of nitrogens with one attached hydrogen (secondary N) is 2. The van der Waals surface area contributed by atoms with E-state index in [1.807, 2.05) is 31.2 Å². The van der Waals surface area contributed by atoms with Gasteiger partial charge in [-0.05, 0) is 38.4 Å². The maximum absolute atomic E-state index is 13.2. The third kappa shape index (κ3) is 6.09. The topological polar surface area (TPSA) is 53.1 Å². The van der Waals surface area contributed by atoms with Gasteiger partial charge in [-0.25, -0.2) is 4.98 Å². The normalized spacial score (nSPS) is 15.4. The van der Waals surface area contributed by atoms with Crippen LogP contribution in [0.5, 0.6) is 0 Å². The molecule has 1 aliphatic rings. The number of nitrogens with zero attached hydrogens (tertiary/aromatic N) is 3. The Morgan fingerprint density at radius 2 is 1.71 bits per heavy atom. The van der Waals surface area contributed by atoms with Crippen LogP contribution < -0.4 is 10.6 Å². The molecule has 1 aliphatic heterocycles. The Bertz CT molecular complexity index is 755. The van der Waals surface area contributed by atoms with Crippen molar-refractivity contribution in [1.29, 1.82) is 0 Å². The van der Waals surface area contributed by atoms with Gasteiger partial charge in [-0.15, -0.1) is 0 Å². The minimum Gasteiger partial charge on any atom is -0.366 e. The van der Waals surface area contributed by atoms with E-state index < -0.39 is 11.9 Å². The lowest BCUT2D eigenvalue weighted by Crippen LogP contribution is -2.34. The number of rotatable bonds is 7. The maximum Gasteiger partial charge on any atom is 0.433 e. The number of halogens is 3. The van der Waals surface area contributed by atoms with E-state index >= 15 is 0 Å². The summed E-state index contributed by atoms with van der Waals surface area (Å²) in [5.74, 6) is 0.154. The first-order chi connectivity index (χ1) is 13.4. The lowest BCUT2D eigenvalue weighted by Gasteiger charge is -2.26. The molecule has 8 heteroatoms. The molecule has 5 nitrogen and oxygen atoms in total. The van der Waals surface area contributed by atoms with Crippen LogP contribution in [0.4, 0.5) is 24.9 Å². The molecule has 0 unspecified atom stereocenters. The van der Waals surface area contributed by atoms with Crippen LogP contribution in [0.1, 0.15) is 36.1 Å². The average molecular weight is 393 g/mol. The molecule has 1 saturated heterocycles. The third-order valence-electron chi connectivity index (χ3n) is 4.77. The van der Waals surface area contributed by atoms with Crippen molar-refractivity contribution in [2.45, 2.75) is 38.9 Å². The highest BCUT2D eigenvalue weighted by molar-refractivity contribution is 5.43. The zero-order valence-electron chi connectivity index (χ0n) is 16.0. The summed E-state index contributed by atoms with van der Waals surface area (Å²) in [6.07, 6.45) is -0.927. The lowest BCUT2D eigenvalue weighted by molar-refractivity contribution is -0.141. The van der Waals surface area contributed by atoms with E-state index in [2.05, 4.69) is 25.5 Å². The second-order valence-corrected chi connectivity index (χ2v) is 7.13. The first-order valence-corrected chi connectivity index (χ1v) is 9.62. The first kappa shape index (κ1) is 20.4. The molecule has 1 aromatic heterocycles. The summed E-state index contributed by atoms with van der Waals surface area (Å²) in [7, 11) is 0. The quantitative estimate of drug-likeness (QED) is 0.734. The molecule has 0 bridgehead atoms. The van der Waals surface area contributed by atoms with Gasteiger partial charge in [-0.1, -0.05) is 36.2 Å². The predicted molar refractivity (Wildman–Crippen MR) is 104 cm³/mol. The van der Waals surface area contributed by atoms with Gasteiger partial charge in [0.25, 0.3) is 0 Å². The van der Waals surface area contributed by atoms with Crippen LogP contribution in [0.3, 0.4) is 0 Å². The van der Waals surface area contributed by atoms with Gasteiger partial charge < -0.3 is 15.5 Å². The number of hydrogen-bond acceptors (Lipinski definition) is 5.